The van der Waals surface area contributed by atoms with Crippen LogP contribution in [0.1, 0.15) is 15.4 Å². The fourth-order valence-electron chi connectivity index (χ4n) is 2.74. The number of aryl methyl sites for hydroxylation is 1. The summed E-state index contributed by atoms with van der Waals surface area (Å²) in [5.41, 5.74) is 1.24. The molecule has 2 aromatic heterocycles. The van der Waals surface area contributed by atoms with Crippen molar-refractivity contribution in [2.45, 2.75) is 11.8 Å². The lowest BCUT2D eigenvalue weighted by Crippen LogP contribution is -2.18. The molecule has 1 N–H and O–H groups in total. The van der Waals surface area contributed by atoms with Gasteiger partial charge in [0.05, 0.1) is 19.9 Å². The average molecular weight is 419 g/mol. The number of carbonyl (C=O) groups is 1. The number of benzene rings is 2. The Morgan fingerprint density at radius 2 is 1.93 bits per heavy atom. The first-order valence-electron chi connectivity index (χ1n) is 7.93. The van der Waals surface area contributed by atoms with Crippen LogP contribution in [0.4, 0.5) is 0 Å². The molecule has 0 radical (unpaired) electrons. The van der Waals surface area contributed by atoms with Crippen LogP contribution in [-0.2, 0) is 10.1 Å². The van der Waals surface area contributed by atoms with Crippen LogP contribution in [0.3, 0.4) is 0 Å². The fourth-order valence-corrected chi connectivity index (χ4v) is 5.51. The van der Waals surface area contributed by atoms with Crippen molar-refractivity contribution in [1.29, 1.82) is 0 Å². The number of nitrogens with one attached hydrogen (secondary N) is 1. The number of amides is 1. The molecule has 138 valence electrons. The third-order valence-corrected chi connectivity index (χ3v) is 7.09. The molecule has 0 atom stereocenters. The maximum atomic E-state index is 12.7. The maximum Gasteiger partial charge on any atom is 0.339 e. The number of fused-ring (bicyclic) bond motifs is 3. The summed E-state index contributed by atoms with van der Waals surface area (Å²) >= 11 is 2.99. The van der Waals surface area contributed by atoms with Gasteiger partial charge in [-0.25, -0.2) is 4.98 Å². The highest BCUT2D eigenvalue weighted by Gasteiger charge is 2.21. The highest BCUT2D eigenvalue weighted by Crippen LogP contribution is 2.39. The minimum atomic E-state index is -4.04. The van der Waals surface area contributed by atoms with E-state index in [0.29, 0.717) is 10.9 Å². The molecular formula is C18H14N2O4S3. The summed E-state index contributed by atoms with van der Waals surface area (Å²) in [5, 5.41) is 6.00. The molecule has 0 aliphatic carbocycles. The monoisotopic (exact) mass is 418 g/mol. The van der Waals surface area contributed by atoms with Crippen LogP contribution in [0.2, 0.25) is 0 Å². The SMILES string of the molecule is CNC(=O)c1ccc(S(=O)(=O)Oc2cc3sc(C)nc3c3sccc23)cc1. The van der Waals surface area contributed by atoms with Crippen molar-refractivity contribution in [3.05, 3.63) is 52.3 Å². The van der Waals surface area contributed by atoms with Crippen molar-refractivity contribution < 1.29 is 17.4 Å². The van der Waals surface area contributed by atoms with Crippen molar-refractivity contribution in [2.75, 3.05) is 7.05 Å². The topological polar surface area (TPSA) is 85.4 Å². The van der Waals surface area contributed by atoms with Crippen molar-refractivity contribution in [3.8, 4) is 5.75 Å². The molecule has 0 fully saturated rings. The highest BCUT2D eigenvalue weighted by molar-refractivity contribution is 7.87. The van der Waals surface area contributed by atoms with Crippen LogP contribution in [0.15, 0.2) is 46.7 Å². The van der Waals surface area contributed by atoms with E-state index in [-0.39, 0.29) is 16.6 Å². The van der Waals surface area contributed by atoms with Crippen molar-refractivity contribution in [1.82, 2.24) is 10.3 Å². The van der Waals surface area contributed by atoms with Crippen molar-refractivity contribution in [2.24, 2.45) is 0 Å². The molecule has 0 spiro atoms. The van der Waals surface area contributed by atoms with Crippen molar-refractivity contribution in [3.63, 3.8) is 0 Å². The Morgan fingerprint density at radius 1 is 1.19 bits per heavy atom. The van der Waals surface area contributed by atoms with Gasteiger partial charge in [0.2, 0.25) is 0 Å². The largest absolute Gasteiger partial charge is 0.378 e. The Bertz CT molecular complexity index is 1270. The third kappa shape index (κ3) is 3.18. The minimum absolute atomic E-state index is 0.0147. The number of hydrogen-bond acceptors (Lipinski definition) is 7. The second kappa shape index (κ2) is 6.59. The molecule has 0 saturated carbocycles. The molecule has 4 aromatic rings. The average Bonchev–Trinajstić information content (AvgIpc) is 3.27. The number of thiazole rings is 1. The summed E-state index contributed by atoms with van der Waals surface area (Å²) in [6.45, 7) is 1.91. The standard InChI is InChI=1S/C18H14N2O4S3/c1-10-20-16-15(26-10)9-14(13-7-8-25-17(13)16)24-27(22,23)12-5-3-11(4-6-12)18(21)19-2/h3-9H,1-2H3,(H,19,21). The molecule has 0 aliphatic heterocycles. The Balaban J connectivity index is 1.76. The molecule has 6 nitrogen and oxygen atoms in total. The van der Waals surface area contributed by atoms with Gasteiger partial charge in [0.25, 0.3) is 5.91 Å². The zero-order valence-corrected chi connectivity index (χ0v) is 16.8. The number of thiophene rings is 1. The zero-order valence-electron chi connectivity index (χ0n) is 14.3. The molecule has 9 heteroatoms. The summed E-state index contributed by atoms with van der Waals surface area (Å²) < 4.78 is 32.7. The number of rotatable bonds is 4. The van der Waals surface area contributed by atoms with E-state index in [1.54, 1.807) is 6.07 Å². The van der Waals surface area contributed by atoms with Crippen LogP contribution in [0.5, 0.6) is 5.75 Å². The van der Waals surface area contributed by atoms with Gasteiger partial charge in [-0.15, -0.1) is 22.7 Å². The Labute approximate surface area is 163 Å². The third-order valence-electron chi connectivity index (χ3n) is 4.00. The number of nitrogens with zero attached hydrogens (tertiary/aromatic N) is 1. The van der Waals surface area contributed by atoms with Gasteiger partial charge in [0, 0.05) is 24.1 Å². The van der Waals surface area contributed by atoms with E-state index in [4.69, 9.17) is 4.18 Å². The van der Waals surface area contributed by atoms with Crippen LogP contribution < -0.4 is 9.50 Å². The van der Waals surface area contributed by atoms with Crippen LogP contribution in [0.25, 0.3) is 20.3 Å². The summed E-state index contributed by atoms with van der Waals surface area (Å²) in [7, 11) is -2.52. The molecule has 27 heavy (non-hydrogen) atoms. The van der Waals surface area contributed by atoms with E-state index in [0.717, 1.165) is 19.9 Å². The molecule has 0 bridgehead atoms. The molecule has 4 rings (SSSR count). The molecule has 2 heterocycles. The van der Waals surface area contributed by atoms with E-state index in [9.17, 15) is 13.2 Å². The number of hydrogen-bond donors (Lipinski definition) is 1. The summed E-state index contributed by atoms with van der Waals surface area (Å²) in [4.78, 5) is 16.1. The van der Waals surface area contributed by atoms with Gasteiger partial charge in [-0.05, 0) is 42.6 Å². The normalized spacial score (nSPS) is 11.8. The first kappa shape index (κ1) is 17.9. The van der Waals surface area contributed by atoms with E-state index in [1.807, 2.05) is 18.4 Å². The second-order valence-electron chi connectivity index (χ2n) is 5.76. The lowest BCUT2D eigenvalue weighted by Gasteiger charge is -2.09. The number of aromatic nitrogens is 1. The smallest absolute Gasteiger partial charge is 0.339 e. The quantitative estimate of drug-likeness (QED) is 0.507. The second-order valence-corrected chi connectivity index (χ2v) is 9.46. The van der Waals surface area contributed by atoms with Crippen LogP contribution in [0, 0.1) is 6.92 Å². The first-order chi connectivity index (χ1) is 12.9. The van der Waals surface area contributed by atoms with Gasteiger partial charge in [0.15, 0.2) is 5.75 Å². The molecule has 0 saturated heterocycles. The van der Waals surface area contributed by atoms with Crippen LogP contribution in [-0.4, -0.2) is 26.4 Å². The molecule has 0 unspecified atom stereocenters. The predicted molar refractivity (Wildman–Crippen MR) is 107 cm³/mol. The molecule has 0 aliphatic rings. The van der Waals surface area contributed by atoms with E-state index < -0.39 is 10.1 Å². The van der Waals surface area contributed by atoms with Crippen LogP contribution >= 0.6 is 22.7 Å². The Morgan fingerprint density at radius 3 is 2.63 bits per heavy atom. The molecule has 2 aromatic carbocycles. The Kier molecular flexibility index (Phi) is 4.37. The van der Waals surface area contributed by atoms with Gasteiger partial charge in [-0.1, -0.05) is 0 Å². The van der Waals surface area contributed by atoms with Crippen molar-refractivity contribution >= 4 is 59.0 Å². The lowest BCUT2D eigenvalue weighted by atomic mass is 10.2. The summed E-state index contributed by atoms with van der Waals surface area (Å²) in [6.07, 6.45) is 0. The van der Waals surface area contributed by atoms with Gasteiger partial charge in [0.1, 0.15) is 4.90 Å². The van der Waals surface area contributed by atoms with Gasteiger partial charge < -0.3 is 9.50 Å². The Hall–Kier alpha value is -2.49. The van der Waals surface area contributed by atoms with Gasteiger partial charge in [-0.3, -0.25) is 4.79 Å². The predicted octanol–water partition coefficient (Wildman–Crippen LogP) is 3.95. The maximum absolute atomic E-state index is 12.7. The number of carbonyl (C=O) groups excluding carboxylic acids is 1. The molecular weight excluding hydrogens is 404 g/mol. The van der Waals surface area contributed by atoms with E-state index in [1.165, 1.54) is 54.0 Å². The van der Waals surface area contributed by atoms with E-state index >= 15 is 0 Å². The fraction of sp³-hybridized carbons (Fsp3) is 0.111. The zero-order chi connectivity index (χ0) is 19.2. The summed E-state index contributed by atoms with van der Waals surface area (Å²) in [6, 6.07) is 9.16. The lowest BCUT2D eigenvalue weighted by molar-refractivity contribution is 0.0963. The minimum Gasteiger partial charge on any atom is -0.378 e. The van der Waals surface area contributed by atoms with Gasteiger partial charge >= 0.3 is 10.1 Å². The van der Waals surface area contributed by atoms with Gasteiger partial charge in [-0.2, -0.15) is 8.42 Å². The van der Waals surface area contributed by atoms with E-state index in [2.05, 4.69) is 10.3 Å². The first-order valence-corrected chi connectivity index (χ1v) is 11.0. The highest BCUT2D eigenvalue weighted by atomic mass is 32.2. The summed E-state index contributed by atoms with van der Waals surface area (Å²) in [5.74, 6) is -0.0105. The molecule has 1 amide bonds.